The molecule has 45 heavy (non-hydrogen) atoms. The Hall–Kier alpha value is -5.39. The molecule has 3 nitrogen and oxygen atoms in total. The Kier molecular flexibility index (Phi) is 4.00. The molecule has 3 aliphatic rings. The van der Waals surface area contributed by atoms with Crippen molar-refractivity contribution in [3.8, 4) is 11.1 Å². The van der Waals surface area contributed by atoms with E-state index in [9.17, 15) is 0 Å². The molecule has 5 heteroatoms. The van der Waals surface area contributed by atoms with Crippen molar-refractivity contribution >= 4 is 101 Å². The molecule has 0 amide bonds. The van der Waals surface area contributed by atoms with Gasteiger partial charge in [0.15, 0.2) is 0 Å². The van der Waals surface area contributed by atoms with Crippen molar-refractivity contribution in [1.29, 1.82) is 0 Å². The van der Waals surface area contributed by atoms with Gasteiger partial charge < -0.3 is 13.8 Å². The second kappa shape index (κ2) is 7.81. The Labute approximate surface area is 262 Å². The monoisotopic (exact) mass is 588 g/mol. The largest absolute Gasteiger partial charge is 0.456 e. The van der Waals surface area contributed by atoms with Gasteiger partial charge in [-0.25, -0.2) is 0 Å². The fraction of sp³-hybridized carbons (Fsp3) is 0. The molecule has 0 spiro atoms. The lowest BCUT2D eigenvalue weighted by atomic mass is 9.45. The highest BCUT2D eigenvalue weighted by Gasteiger charge is 2.46. The number of rotatable bonds is 0. The first-order chi connectivity index (χ1) is 22.3. The molecule has 0 unspecified atom stereocenters. The molecule has 7 aromatic carbocycles. The highest BCUT2D eigenvalue weighted by atomic mass is 32.2. The van der Waals surface area contributed by atoms with Crippen LogP contribution in [-0.2, 0) is 0 Å². The average Bonchev–Trinajstić information content (AvgIpc) is 3.62. The summed E-state index contributed by atoms with van der Waals surface area (Å²) in [6.45, 7) is 0.0150. The molecule has 0 fully saturated rings. The lowest BCUT2D eigenvalue weighted by Crippen LogP contribution is -2.57. The van der Waals surface area contributed by atoms with Crippen LogP contribution in [0.4, 0.5) is 17.1 Å². The maximum absolute atomic E-state index is 6.69. The van der Waals surface area contributed by atoms with Crippen LogP contribution in [-0.4, -0.2) is 11.3 Å². The summed E-state index contributed by atoms with van der Waals surface area (Å²) in [4.78, 5) is 5.12. The summed E-state index contributed by atoms with van der Waals surface area (Å²) in [5.74, 6) is 0. The van der Waals surface area contributed by atoms with E-state index in [1.54, 1.807) is 0 Å². The van der Waals surface area contributed by atoms with Crippen LogP contribution in [0.15, 0.2) is 142 Å². The number of furan rings is 1. The van der Waals surface area contributed by atoms with Crippen LogP contribution in [0, 0.1) is 0 Å². The summed E-state index contributed by atoms with van der Waals surface area (Å²) in [6, 6.07) is 47.0. The van der Waals surface area contributed by atoms with Crippen molar-refractivity contribution in [2.45, 2.75) is 9.79 Å². The highest BCUT2D eigenvalue weighted by molar-refractivity contribution is 7.99. The molecular weight excluding hydrogens is 567 g/mol. The lowest BCUT2D eigenvalue weighted by Gasteiger charge is -2.43. The van der Waals surface area contributed by atoms with Gasteiger partial charge in [0.05, 0.1) is 22.4 Å². The second-order valence-electron chi connectivity index (χ2n) is 12.4. The molecule has 3 aliphatic heterocycles. The van der Waals surface area contributed by atoms with Gasteiger partial charge in [0.25, 0.3) is 0 Å². The number of para-hydroxylation sites is 4. The van der Waals surface area contributed by atoms with E-state index in [2.05, 4.69) is 137 Å². The minimum atomic E-state index is 0.0150. The van der Waals surface area contributed by atoms with E-state index in [1.807, 2.05) is 11.8 Å². The normalized spacial score (nSPS) is 14.0. The number of fused-ring (bicyclic) bond motifs is 14. The average molecular weight is 589 g/mol. The molecule has 0 saturated carbocycles. The first-order valence-electron chi connectivity index (χ1n) is 15.5. The van der Waals surface area contributed by atoms with Crippen molar-refractivity contribution in [3.63, 3.8) is 0 Å². The number of anilines is 3. The highest BCUT2D eigenvalue weighted by Crippen LogP contribution is 2.56. The summed E-state index contributed by atoms with van der Waals surface area (Å²) >= 11 is 1.88. The van der Waals surface area contributed by atoms with Gasteiger partial charge in [-0.3, -0.25) is 0 Å². The standard InChI is InChI=1S/C40H21BN2OS/c1-2-10-23-20-31-27(19-22(23)9-1)24-12-7-13-25-28-21-33-36(26-11-3-5-16-32(26)44-33)40-37(28)41(43(31)38(24)25)29-14-8-18-35-39(29)42(40)30-15-4-6-17-34(30)45-35/h1-21H. The summed E-state index contributed by atoms with van der Waals surface area (Å²) < 4.78 is 9.35. The van der Waals surface area contributed by atoms with E-state index in [1.165, 1.54) is 86.9 Å². The third-order valence-electron chi connectivity index (χ3n) is 10.3. The Morgan fingerprint density at radius 3 is 2.31 bits per heavy atom. The molecule has 0 N–H and O–H groups in total. The zero-order chi connectivity index (χ0) is 29.0. The number of nitrogens with zero attached hydrogens (tertiary/aromatic N) is 2. The molecule has 12 rings (SSSR count). The predicted molar refractivity (Wildman–Crippen MR) is 189 cm³/mol. The second-order valence-corrected chi connectivity index (χ2v) is 13.5. The smallest absolute Gasteiger partial charge is 0.333 e. The quantitative estimate of drug-likeness (QED) is 0.165. The van der Waals surface area contributed by atoms with E-state index in [0.717, 1.165) is 16.6 Å². The van der Waals surface area contributed by atoms with Crippen molar-refractivity contribution in [3.05, 3.63) is 127 Å². The molecule has 0 saturated heterocycles. The van der Waals surface area contributed by atoms with E-state index in [4.69, 9.17) is 4.42 Å². The predicted octanol–water partition coefficient (Wildman–Crippen LogP) is 9.73. The van der Waals surface area contributed by atoms with Gasteiger partial charge in [-0.05, 0) is 69.7 Å². The summed E-state index contributed by atoms with van der Waals surface area (Å²) in [7, 11) is 0. The van der Waals surface area contributed by atoms with Gasteiger partial charge >= 0.3 is 6.85 Å². The Morgan fingerprint density at radius 1 is 0.578 bits per heavy atom. The van der Waals surface area contributed by atoms with Crippen molar-refractivity contribution in [2.75, 3.05) is 4.90 Å². The van der Waals surface area contributed by atoms with Gasteiger partial charge in [-0.1, -0.05) is 96.7 Å². The van der Waals surface area contributed by atoms with Crippen LogP contribution in [0.2, 0.25) is 0 Å². The van der Waals surface area contributed by atoms with Crippen molar-refractivity contribution in [2.24, 2.45) is 0 Å². The van der Waals surface area contributed by atoms with E-state index in [-0.39, 0.29) is 6.85 Å². The Bertz CT molecular complexity index is 2830. The molecule has 5 heterocycles. The molecule has 0 bridgehead atoms. The van der Waals surface area contributed by atoms with Crippen molar-refractivity contribution < 1.29 is 4.42 Å². The van der Waals surface area contributed by atoms with E-state index in [0.29, 0.717) is 0 Å². The van der Waals surface area contributed by atoms with Gasteiger partial charge in [-0.15, -0.1) is 0 Å². The zero-order valence-electron chi connectivity index (χ0n) is 23.9. The van der Waals surface area contributed by atoms with Crippen LogP contribution >= 0.6 is 11.8 Å². The summed E-state index contributed by atoms with van der Waals surface area (Å²) in [5.41, 5.74) is 13.4. The molecule has 0 radical (unpaired) electrons. The molecule has 9 aromatic rings. The maximum atomic E-state index is 6.69. The van der Waals surface area contributed by atoms with Crippen molar-refractivity contribution in [1.82, 2.24) is 4.48 Å². The van der Waals surface area contributed by atoms with Gasteiger partial charge in [-0.2, -0.15) is 0 Å². The first-order valence-corrected chi connectivity index (χ1v) is 16.3. The molecule has 2 aromatic heterocycles. The fourth-order valence-electron chi connectivity index (χ4n) is 8.59. The Balaban J connectivity index is 1.35. The molecule has 0 aliphatic carbocycles. The minimum absolute atomic E-state index is 0.0150. The van der Waals surface area contributed by atoms with E-state index >= 15 is 0 Å². The number of aromatic nitrogens is 1. The van der Waals surface area contributed by atoms with Crippen LogP contribution in [0.5, 0.6) is 0 Å². The lowest BCUT2D eigenvalue weighted by molar-refractivity contribution is 0.669. The third-order valence-corrected chi connectivity index (χ3v) is 11.4. The number of hydrogen-bond acceptors (Lipinski definition) is 3. The zero-order valence-corrected chi connectivity index (χ0v) is 24.7. The van der Waals surface area contributed by atoms with Crippen LogP contribution in [0.25, 0.3) is 65.6 Å². The van der Waals surface area contributed by atoms with Gasteiger partial charge in [0.1, 0.15) is 11.2 Å². The number of hydrogen-bond donors (Lipinski definition) is 0. The summed E-state index contributed by atoms with van der Waals surface area (Å²) in [5, 5.41) is 7.50. The molecule has 206 valence electrons. The maximum Gasteiger partial charge on any atom is 0.333 e. The third kappa shape index (κ3) is 2.66. The van der Waals surface area contributed by atoms with Gasteiger partial charge in [0, 0.05) is 42.5 Å². The minimum Gasteiger partial charge on any atom is -0.456 e. The summed E-state index contributed by atoms with van der Waals surface area (Å²) in [6.07, 6.45) is 0. The van der Waals surface area contributed by atoms with Crippen LogP contribution < -0.4 is 15.8 Å². The van der Waals surface area contributed by atoms with Crippen LogP contribution in [0.3, 0.4) is 0 Å². The Morgan fingerprint density at radius 2 is 1.36 bits per heavy atom. The topological polar surface area (TPSA) is 21.3 Å². The van der Waals surface area contributed by atoms with Crippen LogP contribution in [0.1, 0.15) is 0 Å². The van der Waals surface area contributed by atoms with Gasteiger partial charge in [0.2, 0.25) is 0 Å². The number of benzene rings is 7. The molecular formula is C40H21BN2OS. The molecule has 0 atom stereocenters. The fourth-order valence-corrected chi connectivity index (χ4v) is 9.69. The van der Waals surface area contributed by atoms with E-state index < -0.39 is 0 Å². The first kappa shape index (κ1) is 23.1. The SMILES string of the molecule is c1ccc2c(c1)Sc1cccc3c1N2c1c2c(cc4oc5ccccc5c14)-c1cccc4c5cc6ccccc6cc5n(c14)B32.